The molecule has 0 fully saturated rings. The van der Waals surface area contributed by atoms with Crippen molar-refractivity contribution < 1.29 is 0 Å². The fraction of sp³-hybridized carbons (Fsp3) is 0.0492. The lowest BCUT2D eigenvalue weighted by atomic mass is 9.79. The molecule has 0 aromatic heterocycles. The largest absolute Gasteiger partial charge is 0.0622 e. The van der Waals surface area contributed by atoms with Gasteiger partial charge in [-0.3, -0.25) is 0 Å². The summed E-state index contributed by atoms with van der Waals surface area (Å²) in [5.74, 6) is 0. The molecule has 12 aromatic rings. The molecule has 0 heterocycles. The van der Waals surface area contributed by atoms with Gasteiger partial charge in [-0.25, -0.2) is 0 Å². The molecule has 12 aromatic carbocycles. The standard InChI is InChI=1S/C61H38/c1-61(2)53-31-38(35-15-6-3-7-16-35)25-26-46(53)58-47-24-14-23-41-42-27-28-43-48-32-50-51(33-49(48)44-29-30-45(59(42)60(43)44)52(57(41)47)34-54(58)61)56(37-19-10-5-11-20-37)40-22-13-12-21-39(40)55(50)36-17-8-4-9-18-36/h3-34H,1-2H3. The summed E-state index contributed by atoms with van der Waals surface area (Å²) in [6.45, 7) is 4.85. The summed E-state index contributed by atoms with van der Waals surface area (Å²) >= 11 is 0. The zero-order chi connectivity index (χ0) is 40.1. The molecule has 2 aliphatic carbocycles. The van der Waals surface area contributed by atoms with Gasteiger partial charge in [0.1, 0.15) is 0 Å². The highest BCUT2D eigenvalue weighted by Gasteiger charge is 2.38. The fourth-order valence-electron chi connectivity index (χ4n) is 11.8. The molecule has 0 saturated carbocycles. The number of benzene rings is 12. The summed E-state index contributed by atoms with van der Waals surface area (Å²) in [7, 11) is 0. The number of hydrogen-bond donors (Lipinski definition) is 0. The van der Waals surface area contributed by atoms with Gasteiger partial charge in [0.05, 0.1) is 0 Å². The fourth-order valence-corrected chi connectivity index (χ4v) is 11.8. The first-order chi connectivity index (χ1) is 30.0. The molecule has 0 atom stereocenters. The number of hydrogen-bond acceptors (Lipinski definition) is 0. The lowest BCUT2D eigenvalue weighted by Crippen LogP contribution is -2.15. The van der Waals surface area contributed by atoms with Gasteiger partial charge in [-0.15, -0.1) is 0 Å². The minimum absolute atomic E-state index is 0.155. The predicted molar refractivity (Wildman–Crippen MR) is 261 cm³/mol. The van der Waals surface area contributed by atoms with Crippen LogP contribution in [0.3, 0.4) is 0 Å². The van der Waals surface area contributed by atoms with E-state index in [1.807, 2.05) is 0 Å². The van der Waals surface area contributed by atoms with Crippen molar-refractivity contribution >= 4 is 64.6 Å². The van der Waals surface area contributed by atoms with E-state index in [1.165, 1.54) is 143 Å². The van der Waals surface area contributed by atoms with Gasteiger partial charge < -0.3 is 0 Å². The molecule has 0 unspecified atom stereocenters. The van der Waals surface area contributed by atoms with Crippen LogP contribution in [0.25, 0.3) is 131 Å². The Labute approximate surface area is 354 Å². The second-order valence-electron chi connectivity index (χ2n) is 17.9. The molecule has 0 radical (unpaired) electrons. The van der Waals surface area contributed by atoms with Crippen molar-refractivity contribution in [2.75, 3.05) is 0 Å². The van der Waals surface area contributed by atoms with Crippen molar-refractivity contribution in [3.05, 3.63) is 205 Å². The average molecular weight is 771 g/mol. The third-order valence-electron chi connectivity index (χ3n) is 14.5. The Morgan fingerprint density at radius 3 is 1.34 bits per heavy atom. The molecule has 61 heavy (non-hydrogen) atoms. The first-order valence-electron chi connectivity index (χ1n) is 21.6. The molecule has 282 valence electrons. The van der Waals surface area contributed by atoms with Crippen molar-refractivity contribution in [3.63, 3.8) is 0 Å². The summed E-state index contributed by atoms with van der Waals surface area (Å²) in [6.07, 6.45) is 0. The van der Waals surface area contributed by atoms with Gasteiger partial charge >= 0.3 is 0 Å². The summed E-state index contributed by atoms with van der Waals surface area (Å²) < 4.78 is 0. The average Bonchev–Trinajstić information content (AvgIpc) is 3.75. The first kappa shape index (κ1) is 33.3. The van der Waals surface area contributed by atoms with Crippen molar-refractivity contribution in [2.24, 2.45) is 0 Å². The van der Waals surface area contributed by atoms with Crippen LogP contribution in [0.1, 0.15) is 25.0 Å². The Morgan fingerprint density at radius 1 is 0.246 bits per heavy atom. The lowest BCUT2D eigenvalue weighted by Gasteiger charge is -2.24. The Kier molecular flexibility index (Phi) is 6.45. The van der Waals surface area contributed by atoms with E-state index in [2.05, 4.69) is 208 Å². The van der Waals surface area contributed by atoms with Crippen LogP contribution in [0, 0.1) is 0 Å². The molecule has 0 nitrogen and oxygen atoms in total. The summed E-state index contributed by atoms with van der Waals surface area (Å²) in [4.78, 5) is 0. The number of fused-ring (bicyclic) bond motifs is 11. The van der Waals surface area contributed by atoms with Crippen molar-refractivity contribution in [1.82, 2.24) is 0 Å². The van der Waals surface area contributed by atoms with E-state index < -0.39 is 0 Å². The normalized spacial score (nSPS) is 13.5. The Bertz CT molecular complexity index is 3740. The van der Waals surface area contributed by atoms with Crippen LogP contribution in [0.2, 0.25) is 0 Å². The molecular weight excluding hydrogens is 733 g/mol. The smallest absolute Gasteiger partial charge is 0.0159 e. The van der Waals surface area contributed by atoms with E-state index in [4.69, 9.17) is 0 Å². The maximum absolute atomic E-state index is 2.57. The van der Waals surface area contributed by atoms with E-state index in [-0.39, 0.29) is 5.41 Å². The Balaban J connectivity index is 1.07. The minimum Gasteiger partial charge on any atom is -0.0622 e. The van der Waals surface area contributed by atoms with Crippen LogP contribution in [0.4, 0.5) is 0 Å². The molecule has 0 amide bonds. The van der Waals surface area contributed by atoms with Gasteiger partial charge in [-0.2, -0.15) is 0 Å². The van der Waals surface area contributed by atoms with E-state index >= 15 is 0 Å². The molecule has 2 aliphatic rings. The zero-order valence-corrected chi connectivity index (χ0v) is 34.0. The van der Waals surface area contributed by atoms with Gasteiger partial charge in [-0.1, -0.05) is 184 Å². The highest BCUT2D eigenvalue weighted by molar-refractivity contribution is 6.39. The predicted octanol–water partition coefficient (Wildman–Crippen LogP) is 17.0. The Hall–Kier alpha value is -7.54. The van der Waals surface area contributed by atoms with Crippen LogP contribution in [-0.2, 0) is 5.41 Å². The van der Waals surface area contributed by atoms with Gasteiger partial charge in [0, 0.05) is 5.41 Å². The summed E-state index contributed by atoms with van der Waals surface area (Å²) in [5.41, 5.74) is 18.4. The lowest BCUT2D eigenvalue weighted by molar-refractivity contribution is 0.662. The van der Waals surface area contributed by atoms with Crippen LogP contribution < -0.4 is 0 Å². The van der Waals surface area contributed by atoms with Gasteiger partial charge in [0.25, 0.3) is 0 Å². The third-order valence-corrected chi connectivity index (χ3v) is 14.5. The summed E-state index contributed by atoms with van der Waals surface area (Å²) in [6, 6.07) is 73.3. The molecule has 0 bridgehead atoms. The van der Waals surface area contributed by atoms with Gasteiger partial charge in [0.15, 0.2) is 0 Å². The highest BCUT2D eigenvalue weighted by Crippen LogP contribution is 2.58. The van der Waals surface area contributed by atoms with Crippen molar-refractivity contribution in [3.8, 4) is 66.8 Å². The van der Waals surface area contributed by atoms with Crippen LogP contribution in [0.15, 0.2) is 194 Å². The van der Waals surface area contributed by atoms with E-state index in [9.17, 15) is 0 Å². The molecule has 0 spiro atoms. The first-order valence-corrected chi connectivity index (χ1v) is 21.6. The van der Waals surface area contributed by atoms with Gasteiger partial charge in [-0.05, 0) is 167 Å². The SMILES string of the molecule is CC1(C)c2cc(-c3ccccc3)ccc2-c2c1cc1c3ccc4c5c(ccc(c6cccc2c61)c53)-c1cc2c(-c3ccccc3)c3ccccc3c(-c3ccccc3)c2cc1-4. The van der Waals surface area contributed by atoms with E-state index in [0.717, 1.165) is 0 Å². The second-order valence-corrected chi connectivity index (χ2v) is 17.9. The van der Waals surface area contributed by atoms with Gasteiger partial charge in [0.2, 0.25) is 0 Å². The van der Waals surface area contributed by atoms with Crippen molar-refractivity contribution in [1.29, 1.82) is 0 Å². The molecule has 0 N–H and O–H groups in total. The monoisotopic (exact) mass is 770 g/mol. The quantitative estimate of drug-likeness (QED) is 0.124. The third kappa shape index (κ3) is 4.29. The maximum Gasteiger partial charge on any atom is 0.0159 e. The minimum atomic E-state index is -0.155. The zero-order valence-electron chi connectivity index (χ0n) is 34.0. The molecule has 0 aliphatic heterocycles. The molecule has 0 saturated heterocycles. The Morgan fingerprint density at radius 2 is 0.738 bits per heavy atom. The molecular formula is C61H38. The summed E-state index contributed by atoms with van der Waals surface area (Å²) in [5, 5.41) is 16.0. The van der Waals surface area contributed by atoms with Crippen molar-refractivity contribution in [2.45, 2.75) is 19.3 Å². The van der Waals surface area contributed by atoms with E-state index in [0.29, 0.717) is 0 Å². The second kappa shape index (κ2) is 11.8. The molecule has 14 rings (SSSR count). The van der Waals surface area contributed by atoms with Crippen LogP contribution in [-0.4, -0.2) is 0 Å². The number of rotatable bonds is 3. The van der Waals surface area contributed by atoms with Crippen LogP contribution in [0.5, 0.6) is 0 Å². The maximum atomic E-state index is 2.57. The van der Waals surface area contributed by atoms with E-state index in [1.54, 1.807) is 0 Å². The molecule has 0 heteroatoms. The highest BCUT2D eigenvalue weighted by atomic mass is 14.4. The topological polar surface area (TPSA) is 0 Å². The van der Waals surface area contributed by atoms with Crippen LogP contribution >= 0.6 is 0 Å².